The summed E-state index contributed by atoms with van der Waals surface area (Å²) in [5.74, 6) is 2.34. The molecule has 6 atom stereocenters. The van der Waals surface area contributed by atoms with Crippen LogP contribution in [0.15, 0.2) is 0 Å². The van der Waals surface area contributed by atoms with Crippen LogP contribution in [-0.2, 0) is 0 Å². The van der Waals surface area contributed by atoms with Gasteiger partial charge in [0.2, 0.25) is 0 Å². The number of nitrogens with zero attached hydrogens (tertiary/aromatic N) is 1. The zero-order chi connectivity index (χ0) is 13.3. The lowest BCUT2D eigenvalue weighted by Crippen LogP contribution is -2.49. The molecule has 1 heterocycles. The maximum Gasteiger partial charge on any atom is 0.00961 e. The highest BCUT2D eigenvalue weighted by Gasteiger charge is 2.37. The molecule has 6 unspecified atom stereocenters. The Hall–Kier alpha value is -0.0800. The van der Waals surface area contributed by atoms with E-state index in [1.54, 1.807) is 0 Å². The van der Waals surface area contributed by atoms with E-state index in [0.717, 1.165) is 29.8 Å². The molecule has 0 spiro atoms. The highest BCUT2D eigenvalue weighted by atomic mass is 15.2. The molecular weight excluding hydrogens is 220 g/mol. The lowest BCUT2D eigenvalue weighted by molar-refractivity contribution is 0.0918. The molecule has 0 amide bonds. The summed E-state index contributed by atoms with van der Waals surface area (Å²) >= 11 is 0. The van der Waals surface area contributed by atoms with Crippen molar-refractivity contribution in [1.29, 1.82) is 0 Å². The van der Waals surface area contributed by atoms with Gasteiger partial charge in [-0.2, -0.15) is 0 Å². The minimum Gasteiger partial charge on any atom is -0.327 e. The van der Waals surface area contributed by atoms with Crippen molar-refractivity contribution in [3.05, 3.63) is 0 Å². The summed E-state index contributed by atoms with van der Waals surface area (Å²) in [6.45, 7) is 10.8. The van der Waals surface area contributed by atoms with Crippen molar-refractivity contribution in [2.45, 2.75) is 77.9 Å². The van der Waals surface area contributed by atoms with Gasteiger partial charge in [0.25, 0.3) is 0 Å². The number of nitrogens with two attached hydrogens (primary N) is 1. The van der Waals surface area contributed by atoms with Crippen LogP contribution in [0, 0.1) is 17.8 Å². The van der Waals surface area contributed by atoms with Gasteiger partial charge < -0.3 is 5.73 Å². The number of rotatable bonds is 3. The highest BCUT2D eigenvalue weighted by Crippen LogP contribution is 2.36. The number of hydrogen-bond donors (Lipinski definition) is 1. The third-order valence-corrected chi connectivity index (χ3v) is 5.58. The van der Waals surface area contributed by atoms with Gasteiger partial charge >= 0.3 is 0 Å². The van der Waals surface area contributed by atoms with E-state index in [2.05, 4.69) is 32.6 Å². The van der Waals surface area contributed by atoms with E-state index in [4.69, 9.17) is 5.73 Å². The largest absolute Gasteiger partial charge is 0.327 e. The SMILES string of the molecule is CCC1CCC(C)N1CC1C(C)CC(C)CC1N. The maximum atomic E-state index is 6.44. The van der Waals surface area contributed by atoms with Crippen molar-refractivity contribution in [2.75, 3.05) is 6.54 Å². The number of likely N-dealkylation sites (tertiary alicyclic amines) is 1. The smallest absolute Gasteiger partial charge is 0.00961 e. The average molecular weight is 252 g/mol. The van der Waals surface area contributed by atoms with Crippen molar-refractivity contribution < 1.29 is 0 Å². The van der Waals surface area contributed by atoms with Gasteiger partial charge in [0.15, 0.2) is 0 Å². The Bertz CT molecular complexity index is 254. The van der Waals surface area contributed by atoms with E-state index in [0.29, 0.717) is 6.04 Å². The summed E-state index contributed by atoms with van der Waals surface area (Å²) in [7, 11) is 0. The molecule has 0 radical (unpaired) electrons. The summed E-state index contributed by atoms with van der Waals surface area (Å²) in [6.07, 6.45) is 6.68. The average Bonchev–Trinajstić information content (AvgIpc) is 2.64. The van der Waals surface area contributed by atoms with Crippen LogP contribution in [0.2, 0.25) is 0 Å². The minimum atomic E-state index is 0.425. The van der Waals surface area contributed by atoms with E-state index in [-0.39, 0.29) is 0 Å². The maximum absolute atomic E-state index is 6.44. The third kappa shape index (κ3) is 2.91. The van der Waals surface area contributed by atoms with Crippen LogP contribution in [-0.4, -0.2) is 29.6 Å². The van der Waals surface area contributed by atoms with Crippen molar-refractivity contribution >= 4 is 0 Å². The molecule has 2 N–H and O–H groups in total. The van der Waals surface area contributed by atoms with Crippen molar-refractivity contribution in [3.63, 3.8) is 0 Å². The molecule has 18 heavy (non-hydrogen) atoms. The van der Waals surface area contributed by atoms with Gasteiger partial charge in [-0.1, -0.05) is 20.8 Å². The summed E-state index contributed by atoms with van der Waals surface area (Å²) in [6, 6.07) is 2.02. The van der Waals surface area contributed by atoms with Crippen LogP contribution >= 0.6 is 0 Å². The molecule has 0 bridgehead atoms. The van der Waals surface area contributed by atoms with Gasteiger partial charge in [-0.15, -0.1) is 0 Å². The van der Waals surface area contributed by atoms with Gasteiger partial charge in [0.05, 0.1) is 0 Å². The third-order valence-electron chi connectivity index (χ3n) is 5.58. The minimum absolute atomic E-state index is 0.425. The van der Waals surface area contributed by atoms with Crippen LogP contribution in [0.1, 0.15) is 59.8 Å². The Morgan fingerprint density at radius 1 is 1.11 bits per heavy atom. The van der Waals surface area contributed by atoms with Crippen LogP contribution < -0.4 is 5.73 Å². The fourth-order valence-corrected chi connectivity index (χ4v) is 4.42. The number of hydrogen-bond acceptors (Lipinski definition) is 2. The molecule has 2 nitrogen and oxygen atoms in total. The second-order valence-corrected chi connectivity index (χ2v) is 7.07. The predicted octanol–water partition coefficient (Wildman–Crippen LogP) is 3.26. The van der Waals surface area contributed by atoms with Gasteiger partial charge in [-0.3, -0.25) is 4.90 Å². The molecule has 2 fully saturated rings. The van der Waals surface area contributed by atoms with Gasteiger partial charge in [0.1, 0.15) is 0 Å². The van der Waals surface area contributed by atoms with Crippen molar-refractivity contribution in [2.24, 2.45) is 23.5 Å². The summed E-state index contributed by atoms with van der Waals surface area (Å²) < 4.78 is 0. The zero-order valence-electron chi connectivity index (χ0n) is 12.7. The first-order valence-electron chi connectivity index (χ1n) is 8.04. The van der Waals surface area contributed by atoms with Gasteiger partial charge in [-0.25, -0.2) is 0 Å². The molecule has 0 aromatic rings. The Labute approximate surface area is 113 Å². The van der Waals surface area contributed by atoms with Crippen LogP contribution in [0.25, 0.3) is 0 Å². The zero-order valence-corrected chi connectivity index (χ0v) is 12.7. The summed E-state index contributed by atoms with van der Waals surface area (Å²) in [5.41, 5.74) is 6.44. The lowest BCUT2D eigenvalue weighted by Gasteiger charge is -2.42. The topological polar surface area (TPSA) is 29.3 Å². The van der Waals surface area contributed by atoms with E-state index in [1.165, 1.54) is 38.6 Å². The summed E-state index contributed by atoms with van der Waals surface area (Å²) in [4.78, 5) is 2.76. The molecular formula is C16H32N2. The Balaban J connectivity index is 1.99. The molecule has 1 aliphatic carbocycles. The molecule has 106 valence electrons. The quantitative estimate of drug-likeness (QED) is 0.835. The second-order valence-electron chi connectivity index (χ2n) is 7.07. The molecule has 2 rings (SSSR count). The first-order chi connectivity index (χ1) is 8.52. The highest BCUT2D eigenvalue weighted by molar-refractivity contribution is 4.92. The molecule has 1 aliphatic heterocycles. The van der Waals surface area contributed by atoms with E-state index in [9.17, 15) is 0 Å². The fourth-order valence-electron chi connectivity index (χ4n) is 4.42. The van der Waals surface area contributed by atoms with Gasteiger partial charge in [-0.05, 0) is 56.8 Å². The molecule has 0 aromatic heterocycles. The normalized spacial score (nSPS) is 46.5. The fraction of sp³-hybridized carbons (Fsp3) is 1.00. The van der Waals surface area contributed by atoms with Crippen LogP contribution in [0.4, 0.5) is 0 Å². The Kier molecular flexibility index (Phi) is 4.71. The first-order valence-corrected chi connectivity index (χ1v) is 8.04. The van der Waals surface area contributed by atoms with Crippen LogP contribution in [0.3, 0.4) is 0 Å². The predicted molar refractivity (Wildman–Crippen MR) is 78.5 cm³/mol. The summed E-state index contributed by atoms with van der Waals surface area (Å²) in [5, 5.41) is 0. The molecule has 2 heteroatoms. The van der Waals surface area contributed by atoms with E-state index in [1.807, 2.05) is 0 Å². The Morgan fingerprint density at radius 2 is 1.83 bits per heavy atom. The van der Waals surface area contributed by atoms with Crippen molar-refractivity contribution in [3.8, 4) is 0 Å². The van der Waals surface area contributed by atoms with Crippen molar-refractivity contribution in [1.82, 2.24) is 4.90 Å². The monoisotopic (exact) mass is 252 g/mol. The van der Waals surface area contributed by atoms with Gasteiger partial charge in [0, 0.05) is 24.7 Å². The molecule has 0 aromatic carbocycles. The lowest BCUT2D eigenvalue weighted by atomic mass is 9.72. The molecule has 1 saturated carbocycles. The first kappa shape index (κ1) is 14.3. The Morgan fingerprint density at radius 3 is 2.44 bits per heavy atom. The van der Waals surface area contributed by atoms with E-state index < -0.39 is 0 Å². The van der Waals surface area contributed by atoms with E-state index >= 15 is 0 Å². The molecule has 1 saturated heterocycles. The standard InChI is InChI=1S/C16H32N2/c1-5-14-7-6-13(4)18(14)10-15-12(3)8-11(2)9-16(15)17/h11-16H,5-10,17H2,1-4H3. The second kappa shape index (κ2) is 5.92. The molecule has 2 aliphatic rings. The van der Waals surface area contributed by atoms with Crippen LogP contribution in [0.5, 0.6) is 0 Å².